The molecule has 0 saturated carbocycles. The van der Waals surface area contributed by atoms with Gasteiger partial charge in [-0.15, -0.1) is 0 Å². The Labute approximate surface area is 65.3 Å². The lowest BCUT2D eigenvalue weighted by atomic mass is 10.1. The highest BCUT2D eigenvalue weighted by atomic mass is 32.2. The molecular weight excluding hydrogens is 148 g/mol. The van der Waals surface area contributed by atoms with Crippen LogP contribution in [0.4, 0.5) is 0 Å². The smallest absolute Gasteiger partial charge is 0.0102 e. The van der Waals surface area contributed by atoms with Gasteiger partial charge < -0.3 is 4.55 Å². The summed E-state index contributed by atoms with van der Waals surface area (Å²) < 4.78 is 20.1. The number of hydrogen-bond acceptors (Lipinski definition) is 2. The Kier molecular flexibility index (Phi) is 5.93. The van der Waals surface area contributed by atoms with Crippen molar-refractivity contribution in [3.05, 3.63) is 0 Å². The van der Waals surface area contributed by atoms with Crippen LogP contribution in [0.2, 0.25) is 0 Å². The third kappa shape index (κ3) is 8.11. The Morgan fingerprint density at radius 1 is 1.40 bits per heavy atom. The van der Waals surface area contributed by atoms with Crippen molar-refractivity contribution in [3.63, 3.8) is 0 Å². The number of unbranched alkanes of at least 4 members (excludes halogenated alkanes) is 1. The predicted octanol–water partition coefficient (Wildman–Crippen LogP) is 1.69. The van der Waals surface area contributed by atoms with Gasteiger partial charge in [-0.05, 0) is 12.3 Å². The molecule has 0 aliphatic rings. The Hall–Kier alpha value is 0.110. The second-order valence-electron chi connectivity index (χ2n) is 2.90. The van der Waals surface area contributed by atoms with E-state index in [0.717, 1.165) is 19.3 Å². The molecule has 1 atom stereocenters. The van der Waals surface area contributed by atoms with Crippen molar-refractivity contribution in [2.24, 2.45) is 5.92 Å². The Balaban J connectivity index is 2.98. The van der Waals surface area contributed by atoms with E-state index in [2.05, 4.69) is 13.8 Å². The minimum atomic E-state index is -1.83. The van der Waals surface area contributed by atoms with E-state index in [1.54, 1.807) is 0 Å². The van der Waals surface area contributed by atoms with Gasteiger partial charge in [-0.2, -0.15) is 0 Å². The van der Waals surface area contributed by atoms with E-state index in [4.69, 9.17) is 0 Å². The SMILES string of the molecule is CC(C)CCCCS(=O)[O-]. The molecule has 0 aliphatic carbocycles. The Bertz CT molecular complexity index is 102. The Morgan fingerprint density at radius 2 is 2.00 bits per heavy atom. The summed E-state index contributed by atoms with van der Waals surface area (Å²) in [6, 6.07) is 0. The Morgan fingerprint density at radius 3 is 2.40 bits per heavy atom. The van der Waals surface area contributed by atoms with Gasteiger partial charge in [0.1, 0.15) is 0 Å². The van der Waals surface area contributed by atoms with Crippen molar-refractivity contribution in [2.45, 2.75) is 33.1 Å². The topological polar surface area (TPSA) is 40.1 Å². The summed E-state index contributed by atoms with van der Waals surface area (Å²) in [5, 5.41) is 0. The zero-order valence-electron chi connectivity index (χ0n) is 6.63. The van der Waals surface area contributed by atoms with Crippen molar-refractivity contribution in [3.8, 4) is 0 Å². The average Bonchev–Trinajstić information content (AvgIpc) is 1.79. The van der Waals surface area contributed by atoms with Gasteiger partial charge in [0.15, 0.2) is 0 Å². The second-order valence-corrected chi connectivity index (χ2v) is 3.91. The van der Waals surface area contributed by atoms with Crippen LogP contribution in [-0.2, 0) is 11.1 Å². The average molecular weight is 163 g/mol. The van der Waals surface area contributed by atoms with Crippen molar-refractivity contribution in [1.29, 1.82) is 0 Å². The minimum Gasteiger partial charge on any atom is -0.772 e. The number of rotatable bonds is 5. The third-order valence-electron chi connectivity index (χ3n) is 1.34. The van der Waals surface area contributed by atoms with Crippen molar-refractivity contribution in [2.75, 3.05) is 5.75 Å². The molecule has 0 aromatic carbocycles. The van der Waals surface area contributed by atoms with Gasteiger partial charge in [0.25, 0.3) is 0 Å². The van der Waals surface area contributed by atoms with Gasteiger partial charge in [-0.25, -0.2) is 0 Å². The fourth-order valence-electron chi connectivity index (χ4n) is 0.772. The highest BCUT2D eigenvalue weighted by Gasteiger charge is 1.93. The molecule has 0 bridgehead atoms. The largest absolute Gasteiger partial charge is 0.772 e. The van der Waals surface area contributed by atoms with Crippen LogP contribution >= 0.6 is 0 Å². The van der Waals surface area contributed by atoms with Gasteiger partial charge in [-0.3, -0.25) is 4.21 Å². The molecule has 0 fully saturated rings. The van der Waals surface area contributed by atoms with E-state index < -0.39 is 11.1 Å². The quantitative estimate of drug-likeness (QED) is 0.457. The fourth-order valence-corrected chi connectivity index (χ4v) is 1.21. The normalized spacial score (nSPS) is 14.0. The first-order chi connectivity index (χ1) is 4.63. The first kappa shape index (κ1) is 10.1. The number of hydrogen-bond donors (Lipinski definition) is 0. The lowest BCUT2D eigenvalue weighted by molar-refractivity contribution is 0.521. The van der Waals surface area contributed by atoms with Crippen LogP contribution in [0.1, 0.15) is 33.1 Å². The zero-order chi connectivity index (χ0) is 7.98. The van der Waals surface area contributed by atoms with Crippen LogP contribution in [0.5, 0.6) is 0 Å². The molecule has 2 nitrogen and oxygen atoms in total. The van der Waals surface area contributed by atoms with Gasteiger partial charge >= 0.3 is 0 Å². The monoisotopic (exact) mass is 163 g/mol. The molecule has 0 saturated heterocycles. The summed E-state index contributed by atoms with van der Waals surface area (Å²) in [6.45, 7) is 4.29. The first-order valence-corrected chi connectivity index (χ1v) is 4.93. The van der Waals surface area contributed by atoms with E-state index in [9.17, 15) is 8.76 Å². The van der Waals surface area contributed by atoms with E-state index in [1.807, 2.05) is 0 Å². The maximum absolute atomic E-state index is 10.0. The molecule has 0 rings (SSSR count). The summed E-state index contributed by atoms with van der Waals surface area (Å²) in [5.74, 6) is 1.02. The van der Waals surface area contributed by atoms with Crippen LogP contribution in [0.3, 0.4) is 0 Å². The van der Waals surface area contributed by atoms with Crippen molar-refractivity contribution in [1.82, 2.24) is 0 Å². The van der Waals surface area contributed by atoms with Gasteiger partial charge in [0, 0.05) is 5.75 Å². The lowest BCUT2D eigenvalue weighted by Gasteiger charge is -2.05. The molecule has 0 amide bonds. The maximum Gasteiger partial charge on any atom is 0.0102 e. The summed E-state index contributed by atoms with van der Waals surface area (Å²) in [6.07, 6.45) is 2.98. The molecule has 0 aliphatic heterocycles. The molecular formula is C7H15O2S-. The van der Waals surface area contributed by atoms with Crippen LogP contribution < -0.4 is 0 Å². The summed E-state index contributed by atoms with van der Waals surface area (Å²) in [5.41, 5.74) is 0. The zero-order valence-corrected chi connectivity index (χ0v) is 7.45. The molecule has 0 aromatic heterocycles. The highest BCUT2D eigenvalue weighted by Crippen LogP contribution is 2.05. The van der Waals surface area contributed by atoms with Crippen LogP contribution in [0, 0.1) is 5.92 Å². The predicted molar refractivity (Wildman–Crippen MR) is 42.5 cm³/mol. The van der Waals surface area contributed by atoms with Gasteiger partial charge in [0.05, 0.1) is 0 Å². The standard InChI is InChI=1S/C7H16O2S/c1-7(2)5-3-4-6-10(8)9/h7H,3-6H2,1-2H3,(H,8,9)/p-1. The van der Waals surface area contributed by atoms with Crippen LogP contribution in [-0.4, -0.2) is 14.5 Å². The van der Waals surface area contributed by atoms with Gasteiger partial charge in [-0.1, -0.05) is 37.8 Å². The van der Waals surface area contributed by atoms with Gasteiger partial charge in [0.2, 0.25) is 0 Å². The minimum absolute atomic E-state index is 0.326. The maximum atomic E-state index is 10.0. The lowest BCUT2D eigenvalue weighted by Crippen LogP contribution is -1.96. The summed E-state index contributed by atoms with van der Waals surface area (Å²) in [7, 11) is 0. The summed E-state index contributed by atoms with van der Waals surface area (Å²) >= 11 is -1.83. The third-order valence-corrected chi connectivity index (χ3v) is 1.96. The molecule has 3 heteroatoms. The second kappa shape index (κ2) is 5.86. The van der Waals surface area contributed by atoms with Crippen LogP contribution in [0.25, 0.3) is 0 Å². The molecule has 1 unspecified atom stereocenters. The molecule has 0 heterocycles. The van der Waals surface area contributed by atoms with E-state index in [0.29, 0.717) is 11.7 Å². The van der Waals surface area contributed by atoms with Crippen LogP contribution in [0.15, 0.2) is 0 Å². The van der Waals surface area contributed by atoms with E-state index >= 15 is 0 Å². The van der Waals surface area contributed by atoms with Crippen molar-refractivity contribution < 1.29 is 8.76 Å². The molecule has 62 valence electrons. The van der Waals surface area contributed by atoms with Crippen molar-refractivity contribution >= 4 is 11.1 Å². The first-order valence-electron chi connectivity index (χ1n) is 3.68. The molecule has 0 spiro atoms. The molecule has 0 radical (unpaired) electrons. The highest BCUT2D eigenvalue weighted by molar-refractivity contribution is 7.79. The summed E-state index contributed by atoms with van der Waals surface area (Å²) in [4.78, 5) is 0. The fraction of sp³-hybridized carbons (Fsp3) is 1.00. The molecule has 0 aromatic rings. The van der Waals surface area contributed by atoms with E-state index in [1.165, 1.54) is 0 Å². The molecule has 0 N–H and O–H groups in total. The molecule has 10 heavy (non-hydrogen) atoms. The van der Waals surface area contributed by atoms with E-state index in [-0.39, 0.29) is 0 Å².